The first-order valence-corrected chi connectivity index (χ1v) is 13.3. The molecule has 2 heterocycles. The third kappa shape index (κ3) is 6.43. The Balaban J connectivity index is 1.59. The van der Waals surface area contributed by atoms with E-state index in [9.17, 15) is 18.8 Å². The zero-order valence-electron chi connectivity index (χ0n) is 20.4. The van der Waals surface area contributed by atoms with E-state index in [4.69, 9.17) is 21.4 Å². The summed E-state index contributed by atoms with van der Waals surface area (Å²) in [6.07, 6.45) is 2.51. The molecule has 13 heteroatoms. The van der Waals surface area contributed by atoms with Gasteiger partial charge in [0.2, 0.25) is 11.8 Å². The van der Waals surface area contributed by atoms with Crippen molar-refractivity contribution in [1.82, 2.24) is 14.9 Å². The quantitative estimate of drug-likeness (QED) is 0.331. The monoisotopic (exact) mass is 561 g/mol. The van der Waals surface area contributed by atoms with E-state index in [2.05, 4.69) is 20.6 Å². The lowest BCUT2D eigenvalue weighted by Gasteiger charge is -2.24. The number of ether oxygens (including phenoxy) is 1. The Morgan fingerprint density at radius 3 is 2.79 bits per heavy atom. The van der Waals surface area contributed by atoms with Gasteiger partial charge >= 0.3 is 5.97 Å². The third-order valence-electron chi connectivity index (χ3n) is 5.80. The average Bonchev–Trinajstić information content (AvgIpc) is 3.37. The molecule has 1 atom stereocenters. The van der Waals surface area contributed by atoms with Crippen LogP contribution in [0.25, 0.3) is 10.9 Å². The van der Waals surface area contributed by atoms with Gasteiger partial charge in [-0.3, -0.25) is 14.4 Å². The van der Waals surface area contributed by atoms with Crippen molar-refractivity contribution < 1.29 is 28.6 Å². The van der Waals surface area contributed by atoms with Gasteiger partial charge in [-0.1, -0.05) is 11.6 Å². The molecule has 3 N–H and O–H groups in total. The summed E-state index contributed by atoms with van der Waals surface area (Å²) in [5, 5.41) is 15.3. The Morgan fingerprint density at radius 1 is 1.24 bits per heavy atom. The van der Waals surface area contributed by atoms with E-state index in [1.807, 2.05) is 6.92 Å². The van der Waals surface area contributed by atoms with Crippen LogP contribution in [0.4, 0.5) is 21.6 Å². The van der Waals surface area contributed by atoms with Crippen molar-refractivity contribution in [2.45, 2.75) is 25.8 Å². The van der Waals surface area contributed by atoms with Crippen molar-refractivity contribution in [2.24, 2.45) is 0 Å². The zero-order valence-corrected chi connectivity index (χ0v) is 21.9. The molecule has 0 spiro atoms. The third-order valence-corrected chi connectivity index (χ3v) is 7.00. The number of hydrogen-bond acceptors (Lipinski definition) is 8. The van der Waals surface area contributed by atoms with E-state index in [-0.39, 0.29) is 28.3 Å². The van der Waals surface area contributed by atoms with E-state index < -0.39 is 17.8 Å². The van der Waals surface area contributed by atoms with Crippen molar-refractivity contribution in [2.75, 3.05) is 35.3 Å². The van der Waals surface area contributed by atoms with Gasteiger partial charge in [-0.05, 0) is 44.0 Å². The van der Waals surface area contributed by atoms with Gasteiger partial charge in [0, 0.05) is 23.7 Å². The second kappa shape index (κ2) is 12.3. The molecule has 1 aliphatic rings. The van der Waals surface area contributed by atoms with Crippen LogP contribution in [-0.2, 0) is 14.4 Å². The van der Waals surface area contributed by atoms with Gasteiger partial charge in [-0.25, -0.2) is 14.4 Å². The highest BCUT2D eigenvalue weighted by Gasteiger charge is 2.34. The molecule has 0 aliphatic carbocycles. The molecule has 1 unspecified atom stereocenters. The van der Waals surface area contributed by atoms with Gasteiger partial charge in [0.1, 0.15) is 29.8 Å². The summed E-state index contributed by atoms with van der Waals surface area (Å²) in [5.74, 6) is -1.61. The number of carboxylic acids is 1. The van der Waals surface area contributed by atoms with Crippen LogP contribution in [0.1, 0.15) is 19.8 Å². The molecule has 1 saturated heterocycles. The number of carboxylic acid groups (broad SMARTS) is 1. The average molecular weight is 562 g/mol. The first-order valence-electron chi connectivity index (χ1n) is 11.8. The highest BCUT2D eigenvalue weighted by Crippen LogP contribution is 2.34. The summed E-state index contributed by atoms with van der Waals surface area (Å²) >= 11 is 6.90. The Bertz CT molecular complexity index is 1380. The highest BCUT2D eigenvalue weighted by atomic mass is 35.5. The lowest BCUT2D eigenvalue weighted by Crippen LogP contribution is -2.44. The molecule has 2 amide bonds. The van der Waals surface area contributed by atoms with Crippen LogP contribution in [0.15, 0.2) is 36.7 Å². The Kier molecular flexibility index (Phi) is 8.85. The largest absolute Gasteiger partial charge is 0.492 e. The number of anilines is 3. The molecule has 0 saturated carbocycles. The van der Waals surface area contributed by atoms with Gasteiger partial charge in [0.15, 0.2) is 0 Å². The first kappa shape index (κ1) is 27.4. The summed E-state index contributed by atoms with van der Waals surface area (Å²) in [6.45, 7) is 2.57. The fourth-order valence-corrected chi connectivity index (χ4v) is 4.93. The minimum absolute atomic E-state index is 0.0178. The van der Waals surface area contributed by atoms with E-state index in [1.165, 1.54) is 29.4 Å². The van der Waals surface area contributed by atoms with Crippen molar-refractivity contribution >= 4 is 69.2 Å². The fourth-order valence-electron chi connectivity index (χ4n) is 4.13. The van der Waals surface area contributed by atoms with Crippen LogP contribution < -0.4 is 15.4 Å². The predicted octanol–water partition coefficient (Wildman–Crippen LogP) is 4.31. The van der Waals surface area contributed by atoms with Gasteiger partial charge in [-0.15, -0.1) is 11.8 Å². The van der Waals surface area contributed by atoms with Crippen LogP contribution in [-0.4, -0.2) is 68.5 Å². The number of halogens is 2. The Labute approximate surface area is 226 Å². The summed E-state index contributed by atoms with van der Waals surface area (Å²) in [7, 11) is 0. The lowest BCUT2D eigenvalue weighted by atomic mass is 10.1. The number of amides is 2. The number of carbonyl (C=O) groups is 3. The van der Waals surface area contributed by atoms with Gasteiger partial charge < -0.3 is 25.4 Å². The van der Waals surface area contributed by atoms with E-state index in [0.29, 0.717) is 59.8 Å². The summed E-state index contributed by atoms with van der Waals surface area (Å²) < 4.78 is 19.3. The molecule has 1 aliphatic heterocycles. The fraction of sp³-hybridized carbons (Fsp3) is 0.320. The maximum Gasteiger partial charge on any atom is 0.313 e. The van der Waals surface area contributed by atoms with Crippen LogP contribution in [0.5, 0.6) is 5.75 Å². The number of thioether (sulfide) groups is 1. The molecule has 200 valence electrons. The van der Waals surface area contributed by atoms with Crippen LogP contribution in [0, 0.1) is 5.82 Å². The van der Waals surface area contributed by atoms with Gasteiger partial charge in [0.25, 0.3) is 0 Å². The van der Waals surface area contributed by atoms with E-state index in [0.717, 1.165) is 11.8 Å². The second-order valence-electron chi connectivity index (χ2n) is 8.40. The van der Waals surface area contributed by atoms with E-state index in [1.54, 1.807) is 12.1 Å². The van der Waals surface area contributed by atoms with Crippen molar-refractivity contribution in [1.29, 1.82) is 0 Å². The number of benzene rings is 2. The smallest absolute Gasteiger partial charge is 0.313 e. The Hall–Kier alpha value is -3.64. The number of aromatic nitrogens is 2. The summed E-state index contributed by atoms with van der Waals surface area (Å²) in [4.78, 5) is 46.8. The standard InChI is InChI=1S/C25H25ClFN5O5S/c1-2-37-21-10-18-15(24(29-13-28-18)30-14-5-6-17(27)16(26)8-14)9-19(21)31-25(36)20-4-3-7-32(20)22(33)11-38-12-23(34)35/h5-6,8-10,13,20H,2-4,7,11-12H2,1H3,(H,31,36)(H,34,35)(H,28,29,30). The molecule has 4 rings (SSSR count). The SMILES string of the molecule is CCOc1cc2ncnc(Nc3ccc(F)c(Cl)c3)c2cc1NC(=O)C1CCCN1C(=O)CSCC(=O)O. The molecular formula is C25H25ClFN5O5S. The van der Waals surface area contributed by atoms with Crippen LogP contribution in [0.2, 0.25) is 5.02 Å². The number of nitrogens with one attached hydrogen (secondary N) is 2. The minimum atomic E-state index is -1.00. The number of hydrogen-bond donors (Lipinski definition) is 3. The van der Waals surface area contributed by atoms with Gasteiger partial charge in [0.05, 0.1) is 34.3 Å². The molecule has 38 heavy (non-hydrogen) atoms. The molecule has 1 fully saturated rings. The molecule has 1 aromatic heterocycles. The van der Waals surface area contributed by atoms with Crippen LogP contribution in [0.3, 0.4) is 0 Å². The predicted molar refractivity (Wildman–Crippen MR) is 144 cm³/mol. The summed E-state index contributed by atoms with van der Waals surface area (Å²) in [6, 6.07) is 6.86. The van der Waals surface area contributed by atoms with Crippen LogP contribution >= 0.6 is 23.4 Å². The van der Waals surface area contributed by atoms with Crippen molar-refractivity contribution in [3.63, 3.8) is 0 Å². The molecular weight excluding hydrogens is 537 g/mol. The molecule has 0 radical (unpaired) electrons. The number of fused-ring (bicyclic) bond motifs is 1. The molecule has 3 aromatic rings. The number of likely N-dealkylation sites (tertiary alicyclic amines) is 1. The van der Waals surface area contributed by atoms with Gasteiger partial charge in [-0.2, -0.15) is 0 Å². The molecule has 10 nitrogen and oxygen atoms in total. The van der Waals surface area contributed by atoms with Crippen molar-refractivity contribution in [3.8, 4) is 5.75 Å². The lowest BCUT2D eigenvalue weighted by molar-refractivity contribution is -0.134. The first-order chi connectivity index (χ1) is 18.3. The normalized spacial score (nSPS) is 14.9. The molecule has 2 aromatic carbocycles. The Morgan fingerprint density at radius 2 is 2.05 bits per heavy atom. The highest BCUT2D eigenvalue weighted by molar-refractivity contribution is 8.00. The zero-order chi connectivity index (χ0) is 27.2. The number of aliphatic carboxylic acids is 1. The molecule has 0 bridgehead atoms. The van der Waals surface area contributed by atoms with E-state index >= 15 is 0 Å². The maximum absolute atomic E-state index is 13.6. The second-order valence-corrected chi connectivity index (χ2v) is 9.79. The topological polar surface area (TPSA) is 134 Å². The number of nitrogens with zero attached hydrogens (tertiary/aromatic N) is 3. The summed E-state index contributed by atoms with van der Waals surface area (Å²) in [5.41, 5.74) is 1.43. The number of rotatable bonds is 10. The van der Waals surface area contributed by atoms with Crippen molar-refractivity contribution in [3.05, 3.63) is 47.5 Å². The number of carbonyl (C=O) groups excluding carboxylic acids is 2. The maximum atomic E-state index is 13.6. The minimum Gasteiger partial charge on any atom is -0.492 e.